The smallest absolute Gasteiger partial charge is 0.333 e. The van der Waals surface area contributed by atoms with Crippen molar-refractivity contribution in [2.75, 3.05) is 18.4 Å². The zero-order valence-corrected chi connectivity index (χ0v) is 27.0. The van der Waals surface area contributed by atoms with E-state index in [9.17, 15) is 28.0 Å². The molecule has 2 saturated carbocycles. The average Bonchev–Trinajstić information content (AvgIpc) is 3.46. The first-order valence-corrected chi connectivity index (χ1v) is 16.5. The van der Waals surface area contributed by atoms with E-state index < -0.39 is 41.2 Å². The fraction of sp³-hybridized carbons (Fsp3) is 0.636. The zero-order chi connectivity index (χ0) is 33.6. The molecule has 1 saturated heterocycles. The summed E-state index contributed by atoms with van der Waals surface area (Å²) in [5.41, 5.74) is 0.938. The molecule has 1 spiro atoms. The highest BCUT2D eigenvalue weighted by Crippen LogP contribution is 2.50. The molecule has 14 heteroatoms. The van der Waals surface area contributed by atoms with Gasteiger partial charge >= 0.3 is 12.0 Å². The van der Waals surface area contributed by atoms with E-state index in [0.717, 1.165) is 24.0 Å². The Morgan fingerprint density at radius 2 is 1.79 bits per heavy atom. The third kappa shape index (κ3) is 6.55. The topological polar surface area (TPSA) is 156 Å². The molecule has 0 bridgehead atoms. The minimum Gasteiger partial charge on any atom is -0.461 e. The number of anilines is 1. The number of carbonyl (C=O) groups is 4. The van der Waals surface area contributed by atoms with Crippen molar-refractivity contribution in [1.29, 1.82) is 0 Å². The van der Waals surface area contributed by atoms with Gasteiger partial charge in [0.15, 0.2) is 5.69 Å². The van der Waals surface area contributed by atoms with Crippen molar-refractivity contribution in [3.63, 3.8) is 0 Å². The lowest BCUT2D eigenvalue weighted by Gasteiger charge is -2.44. The van der Waals surface area contributed by atoms with Crippen molar-refractivity contribution in [3.05, 3.63) is 40.7 Å². The Morgan fingerprint density at radius 1 is 1.09 bits per heavy atom. The summed E-state index contributed by atoms with van der Waals surface area (Å²) in [6.07, 6.45) is 2.80. The number of ether oxygens (including phenoxy) is 1. The number of nitrogens with one attached hydrogen (secondary N) is 3. The summed E-state index contributed by atoms with van der Waals surface area (Å²) in [5, 5.41) is 15.8. The number of esters is 1. The first-order chi connectivity index (χ1) is 22.4. The largest absolute Gasteiger partial charge is 0.461 e. The number of benzene rings is 1. The molecular weight excluding hydrogens is 614 g/mol. The van der Waals surface area contributed by atoms with Gasteiger partial charge in [-0.2, -0.15) is 0 Å². The van der Waals surface area contributed by atoms with Crippen molar-refractivity contribution in [2.24, 2.45) is 11.3 Å². The highest BCUT2D eigenvalue weighted by Gasteiger charge is 2.58. The van der Waals surface area contributed by atoms with Crippen LogP contribution >= 0.6 is 0 Å². The van der Waals surface area contributed by atoms with Crippen LogP contribution in [0.1, 0.15) is 92.5 Å². The standard InChI is InChI=1S/C33H42F2N6O6/c1-4-24(5-2)46-29(44)32(41-18-31(12-13-31)17-36-30(41)45)15-21-6-7-23(14-22(21)16-32)37-28(43)26(20-8-10-33(34,35)11-9-20)38-27(42)25-19(3)39-47-40-25/h6-7,14,20,24,26H,4-5,8-13,15-18H2,1-3H3,(H,36,45)(H,37,43)(H,38,42)/t26-,32?/m0/s1. The lowest BCUT2D eigenvalue weighted by atomic mass is 9.81. The maximum atomic E-state index is 14.0. The van der Waals surface area contributed by atoms with Gasteiger partial charge < -0.3 is 25.6 Å². The summed E-state index contributed by atoms with van der Waals surface area (Å²) < 4.78 is 38.7. The number of rotatable bonds is 10. The van der Waals surface area contributed by atoms with Crippen molar-refractivity contribution >= 4 is 29.5 Å². The van der Waals surface area contributed by atoms with Crippen LogP contribution in [0.2, 0.25) is 0 Å². The van der Waals surface area contributed by atoms with E-state index in [1.165, 1.54) is 6.92 Å². The van der Waals surface area contributed by atoms with E-state index in [1.807, 2.05) is 19.9 Å². The van der Waals surface area contributed by atoms with Crippen LogP contribution in [0.15, 0.2) is 22.8 Å². The van der Waals surface area contributed by atoms with Gasteiger partial charge in [-0.3, -0.25) is 9.59 Å². The minimum atomic E-state index is -2.82. The molecule has 1 unspecified atom stereocenters. The summed E-state index contributed by atoms with van der Waals surface area (Å²) in [7, 11) is 0. The number of hydrogen-bond donors (Lipinski definition) is 3. The van der Waals surface area contributed by atoms with Gasteiger partial charge in [-0.05, 0) is 79.8 Å². The van der Waals surface area contributed by atoms with Gasteiger partial charge in [-0.25, -0.2) is 23.0 Å². The summed E-state index contributed by atoms with van der Waals surface area (Å²) in [6.45, 7) is 6.50. The highest BCUT2D eigenvalue weighted by molar-refractivity contribution is 6.01. The second kappa shape index (κ2) is 12.5. The van der Waals surface area contributed by atoms with Gasteiger partial charge in [0.05, 0.1) is 0 Å². The van der Waals surface area contributed by atoms with Crippen molar-refractivity contribution in [2.45, 2.75) is 109 Å². The lowest BCUT2D eigenvalue weighted by Crippen LogP contribution is -2.66. The quantitative estimate of drug-likeness (QED) is 0.320. The van der Waals surface area contributed by atoms with Crippen LogP contribution < -0.4 is 16.0 Å². The van der Waals surface area contributed by atoms with E-state index >= 15 is 0 Å². The van der Waals surface area contributed by atoms with Crippen molar-refractivity contribution in [3.8, 4) is 0 Å². The summed E-state index contributed by atoms with van der Waals surface area (Å²) in [5.74, 6) is -5.04. The van der Waals surface area contributed by atoms with Crippen LogP contribution in [0, 0.1) is 18.3 Å². The van der Waals surface area contributed by atoms with Crippen molar-refractivity contribution < 1.29 is 37.3 Å². The molecule has 6 rings (SSSR count). The Balaban J connectivity index is 1.24. The fourth-order valence-electron chi connectivity index (χ4n) is 7.23. The lowest BCUT2D eigenvalue weighted by molar-refractivity contribution is -0.163. The molecule has 3 aliphatic carbocycles. The number of urea groups is 1. The number of fused-ring (bicyclic) bond motifs is 1. The predicted octanol–water partition coefficient (Wildman–Crippen LogP) is 4.32. The van der Waals surface area contributed by atoms with Crippen LogP contribution in [0.4, 0.5) is 19.3 Å². The third-order valence-electron chi connectivity index (χ3n) is 10.5. The molecule has 2 aromatic rings. The normalized spacial score (nSPS) is 23.6. The van der Waals surface area contributed by atoms with E-state index in [-0.39, 0.29) is 67.5 Å². The predicted molar refractivity (Wildman–Crippen MR) is 165 cm³/mol. The monoisotopic (exact) mass is 656 g/mol. The Bertz CT molecular complexity index is 1550. The van der Waals surface area contributed by atoms with Crippen molar-refractivity contribution in [1.82, 2.24) is 25.8 Å². The number of aromatic nitrogens is 2. The molecular formula is C33H42F2N6O6. The van der Waals surface area contributed by atoms with Gasteiger partial charge in [-0.1, -0.05) is 25.1 Å². The summed E-state index contributed by atoms with van der Waals surface area (Å²) in [4.78, 5) is 55.8. The number of nitrogens with zero attached hydrogens (tertiary/aromatic N) is 3. The van der Waals surface area contributed by atoms with Crippen LogP contribution in [-0.4, -0.2) is 75.7 Å². The fourth-order valence-corrected chi connectivity index (χ4v) is 7.23. The number of alkyl halides is 2. The maximum absolute atomic E-state index is 14.0. The molecule has 3 N–H and O–H groups in total. The Morgan fingerprint density at radius 3 is 2.43 bits per heavy atom. The average molecular weight is 657 g/mol. The first kappa shape index (κ1) is 32.8. The molecule has 12 nitrogen and oxygen atoms in total. The molecule has 2 atom stereocenters. The second-order valence-electron chi connectivity index (χ2n) is 13.8. The molecule has 47 heavy (non-hydrogen) atoms. The summed E-state index contributed by atoms with van der Waals surface area (Å²) >= 11 is 0. The van der Waals surface area contributed by atoms with E-state index in [2.05, 4.69) is 30.9 Å². The molecule has 1 aliphatic heterocycles. The molecule has 4 amide bonds. The Kier molecular flexibility index (Phi) is 8.73. The summed E-state index contributed by atoms with van der Waals surface area (Å²) in [6, 6.07) is 3.89. The maximum Gasteiger partial charge on any atom is 0.333 e. The first-order valence-electron chi connectivity index (χ1n) is 16.5. The Hall–Kier alpha value is -4.10. The molecule has 3 fully saturated rings. The SMILES string of the molecule is CCC(CC)OC(=O)C1(N2CC3(CC3)CNC2=O)Cc2ccc(NC(=O)[C@@H](NC(=O)c3nonc3C)C3CCC(F)(F)CC3)cc2C1. The van der Waals surface area contributed by atoms with Crippen LogP contribution in [0.5, 0.6) is 0 Å². The van der Waals surface area contributed by atoms with Gasteiger partial charge in [-0.15, -0.1) is 0 Å². The number of amides is 4. The van der Waals surface area contributed by atoms with Gasteiger partial charge in [0.1, 0.15) is 23.4 Å². The van der Waals surface area contributed by atoms with Gasteiger partial charge in [0, 0.05) is 49.9 Å². The van der Waals surface area contributed by atoms with Crippen LogP contribution in [-0.2, 0) is 27.2 Å². The molecule has 254 valence electrons. The molecule has 2 heterocycles. The molecule has 4 aliphatic rings. The van der Waals surface area contributed by atoms with Crippen LogP contribution in [0.3, 0.4) is 0 Å². The number of aryl methyl sites for hydroxylation is 1. The number of halogens is 2. The van der Waals surface area contributed by atoms with Gasteiger partial charge in [0.25, 0.3) is 5.91 Å². The molecule has 1 aromatic carbocycles. The molecule has 0 radical (unpaired) electrons. The second-order valence-corrected chi connectivity index (χ2v) is 13.8. The van der Waals surface area contributed by atoms with E-state index in [0.29, 0.717) is 31.6 Å². The highest BCUT2D eigenvalue weighted by atomic mass is 19.3. The number of hydrogen-bond acceptors (Lipinski definition) is 8. The number of carbonyl (C=O) groups excluding carboxylic acids is 4. The van der Waals surface area contributed by atoms with E-state index in [1.54, 1.807) is 17.0 Å². The van der Waals surface area contributed by atoms with Gasteiger partial charge in [0.2, 0.25) is 11.8 Å². The van der Waals surface area contributed by atoms with E-state index in [4.69, 9.17) is 4.74 Å². The third-order valence-corrected chi connectivity index (χ3v) is 10.5. The minimum absolute atomic E-state index is 0.0346. The Labute approximate surface area is 271 Å². The van der Waals surface area contributed by atoms with Crippen LogP contribution in [0.25, 0.3) is 0 Å². The zero-order valence-electron chi connectivity index (χ0n) is 27.0. The molecule has 1 aromatic heterocycles.